The van der Waals surface area contributed by atoms with E-state index in [0.29, 0.717) is 0 Å². The van der Waals surface area contributed by atoms with E-state index in [4.69, 9.17) is 0 Å². The van der Waals surface area contributed by atoms with E-state index in [1.165, 1.54) is 5.56 Å². The normalized spacial score (nSPS) is 10.5. The molecular formula is C9H11N. The van der Waals surface area contributed by atoms with Gasteiger partial charge in [-0.25, -0.2) is 0 Å². The van der Waals surface area contributed by atoms with Crippen LogP contribution < -0.4 is 0 Å². The minimum atomic E-state index is 1.08. The Morgan fingerprint density at radius 3 is 3.10 bits per heavy atom. The third kappa shape index (κ3) is 2.02. The number of rotatable bonds is 2. The summed E-state index contributed by atoms with van der Waals surface area (Å²) in [6, 6.07) is 3.98. The van der Waals surface area contributed by atoms with Crippen LogP contribution in [-0.4, -0.2) is 4.98 Å². The van der Waals surface area contributed by atoms with E-state index in [1.54, 1.807) is 6.20 Å². The fraction of sp³-hybridized carbons (Fsp3) is 0.222. The lowest BCUT2D eigenvalue weighted by Gasteiger charge is -1.87. The van der Waals surface area contributed by atoms with Crippen LogP contribution in [0.3, 0.4) is 0 Å². The van der Waals surface area contributed by atoms with Gasteiger partial charge < -0.3 is 0 Å². The van der Waals surface area contributed by atoms with Crippen molar-refractivity contribution >= 4 is 6.08 Å². The van der Waals surface area contributed by atoms with Crippen molar-refractivity contribution in [3.05, 3.63) is 36.2 Å². The smallest absolute Gasteiger partial charge is 0.0340 e. The van der Waals surface area contributed by atoms with E-state index in [1.807, 2.05) is 18.3 Å². The second-order valence-electron chi connectivity index (χ2n) is 2.10. The summed E-state index contributed by atoms with van der Waals surface area (Å²) in [5.41, 5.74) is 1.17. The van der Waals surface area contributed by atoms with Crippen LogP contribution in [0.5, 0.6) is 0 Å². The van der Waals surface area contributed by atoms with Crippen LogP contribution in [0.25, 0.3) is 6.08 Å². The quantitative estimate of drug-likeness (QED) is 0.604. The molecule has 0 saturated heterocycles. The molecule has 0 aliphatic carbocycles. The van der Waals surface area contributed by atoms with Crippen molar-refractivity contribution in [3.63, 3.8) is 0 Å². The molecule has 0 unspecified atom stereocenters. The van der Waals surface area contributed by atoms with E-state index in [2.05, 4.69) is 24.1 Å². The van der Waals surface area contributed by atoms with Crippen LogP contribution in [0.15, 0.2) is 30.6 Å². The van der Waals surface area contributed by atoms with Crippen molar-refractivity contribution in [1.82, 2.24) is 4.98 Å². The lowest BCUT2D eigenvalue weighted by molar-refractivity contribution is 1.23. The average Bonchev–Trinajstić information content (AvgIpc) is 2.03. The van der Waals surface area contributed by atoms with Gasteiger partial charge in [-0.2, -0.15) is 0 Å². The van der Waals surface area contributed by atoms with Gasteiger partial charge in [-0.15, -0.1) is 0 Å². The Morgan fingerprint density at radius 1 is 1.60 bits per heavy atom. The summed E-state index contributed by atoms with van der Waals surface area (Å²) in [6.45, 7) is 2.12. The largest absolute Gasteiger partial charge is 0.264 e. The van der Waals surface area contributed by atoms with Gasteiger partial charge in [0, 0.05) is 12.4 Å². The zero-order valence-electron chi connectivity index (χ0n) is 6.12. The first-order valence-electron chi connectivity index (χ1n) is 3.50. The highest BCUT2D eigenvalue weighted by Crippen LogP contribution is 1.98. The van der Waals surface area contributed by atoms with Gasteiger partial charge >= 0.3 is 0 Å². The molecule has 0 spiro atoms. The number of hydrogen-bond acceptors (Lipinski definition) is 1. The third-order valence-corrected chi connectivity index (χ3v) is 1.23. The Morgan fingerprint density at radius 2 is 2.50 bits per heavy atom. The van der Waals surface area contributed by atoms with Gasteiger partial charge in [0.1, 0.15) is 0 Å². The van der Waals surface area contributed by atoms with Crippen molar-refractivity contribution in [1.29, 1.82) is 0 Å². The average molecular weight is 133 g/mol. The highest BCUT2D eigenvalue weighted by Gasteiger charge is 1.80. The SMILES string of the molecule is CCC=Cc1cccnc1. The Hall–Kier alpha value is -1.11. The summed E-state index contributed by atoms with van der Waals surface area (Å²) in [4.78, 5) is 3.99. The predicted octanol–water partition coefficient (Wildman–Crippen LogP) is 2.50. The van der Waals surface area contributed by atoms with E-state index in [9.17, 15) is 0 Å². The Balaban J connectivity index is 2.67. The molecule has 0 aromatic carbocycles. The van der Waals surface area contributed by atoms with E-state index in [-0.39, 0.29) is 0 Å². The number of aromatic nitrogens is 1. The maximum absolute atomic E-state index is 3.99. The number of allylic oxidation sites excluding steroid dienone is 1. The molecule has 1 rings (SSSR count). The molecule has 1 heteroatoms. The lowest BCUT2D eigenvalue weighted by Crippen LogP contribution is -1.71. The van der Waals surface area contributed by atoms with E-state index in [0.717, 1.165) is 6.42 Å². The van der Waals surface area contributed by atoms with Crippen LogP contribution in [0.2, 0.25) is 0 Å². The molecule has 1 heterocycles. The molecule has 0 aliphatic heterocycles. The van der Waals surface area contributed by atoms with Crippen molar-refractivity contribution in [2.24, 2.45) is 0 Å². The second-order valence-corrected chi connectivity index (χ2v) is 2.10. The summed E-state index contributed by atoms with van der Waals surface area (Å²) in [5, 5.41) is 0. The van der Waals surface area contributed by atoms with Gasteiger partial charge in [-0.3, -0.25) is 4.98 Å². The molecule has 52 valence electrons. The Kier molecular flexibility index (Phi) is 2.68. The van der Waals surface area contributed by atoms with Gasteiger partial charge in [-0.1, -0.05) is 25.1 Å². The van der Waals surface area contributed by atoms with Gasteiger partial charge in [0.15, 0.2) is 0 Å². The van der Waals surface area contributed by atoms with Crippen molar-refractivity contribution in [2.75, 3.05) is 0 Å². The molecule has 10 heavy (non-hydrogen) atoms. The predicted molar refractivity (Wildman–Crippen MR) is 43.6 cm³/mol. The number of pyridine rings is 1. The molecule has 0 N–H and O–H groups in total. The van der Waals surface area contributed by atoms with Gasteiger partial charge in [-0.05, 0) is 18.1 Å². The second kappa shape index (κ2) is 3.83. The first-order valence-corrected chi connectivity index (χ1v) is 3.50. The van der Waals surface area contributed by atoms with Crippen LogP contribution in [-0.2, 0) is 0 Å². The molecular weight excluding hydrogens is 122 g/mol. The van der Waals surface area contributed by atoms with Crippen LogP contribution >= 0.6 is 0 Å². The molecule has 0 aliphatic rings. The zero-order chi connectivity index (χ0) is 7.23. The maximum Gasteiger partial charge on any atom is 0.0340 e. The molecule has 0 fully saturated rings. The van der Waals surface area contributed by atoms with Crippen LogP contribution in [0, 0.1) is 0 Å². The van der Waals surface area contributed by atoms with Gasteiger partial charge in [0.25, 0.3) is 0 Å². The first-order chi connectivity index (χ1) is 4.93. The lowest BCUT2D eigenvalue weighted by atomic mass is 10.2. The van der Waals surface area contributed by atoms with E-state index < -0.39 is 0 Å². The summed E-state index contributed by atoms with van der Waals surface area (Å²) in [5.74, 6) is 0. The summed E-state index contributed by atoms with van der Waals surface area (Å²) in [6.07, 6.45) is 8.91. The number of nitrogens with zero attached hydrogens (tertiary/aromatic N) is 1. The minimum absolute atomic E-state index is 1.08. The van der Waals surface area contributed by atoms with E-state index >= 15 is 0 Å². The minimum Gasteiger partial charge on any atom is -0.264 e. The fourth-order valence-electron chi connectivity index (χ4n) is 0.728. The molecule has 1 aromatic rings. The Bertz CT molecular complexity index is 201. The topological polar surface area (TPSA) is 12.9 Å². The Labute approximate surface area is 61.4 Å². The molecule has 0 saturated carbocycles. The van der Waals surface area contributed by atoms with Crippen LogP contribution in [0.4, 0.5) is 0 Å². The van der Waals surface area contributed by atoms with Crippen molar-refractivity contribution in [3.8, 4) is 0 Å². The first kappa shape index (κ1) is 7.00. The summed E-state index contributed by atoms with van der Waals surface area (Å²) < 4.78 is 0. The van der Waals surface area contributed by atoms with Gasteiger partial charge in [0.2, 0.25) is 0 Å². The highest BCUT2D eigenvalue weighted by atomic mass is 14.6. The summed E-state index contributed by atoms with van der Waals surface area (Å²) in [7, 11) is 0. The molecule has 0 amide bonds. The molecule has 1 nitrogen and oxygen atoms in total. The zero-order valence-corrected chi connectivity index (χ0v) is 6.12. The molecule has 1 aromatic heterocycles. The highest BCUT2D eigenvalue weighted by molar-refractivity contribution is 5.46. The standard InChI is InChI=1S/C9H11N/c1-2-3-5-9-6-4-7-10-8-9/h3-8H,2H2,1H3. The maximum atomic E-state index is 3.99. The van der Waals surface area contributed by atoms with Gasteiger partial charge in [0.05, 0.1) is 0 Å². The fourth-order valence-corrected chi connectivity index (χ4v) is 0.728. The molecule has 0 radical (unpaired) electrons. The van der Waals surface area contributed by atoms with Crippen molar-refractivity contribution in [2.45, 2.75) is 13.3 Å². The number of hydrogen-bond donors (Lipinski definition) is 0. The monoisotopic (exact) mass is 133 g/mol. The third-order valence-electron chi connectivity index (χ3n) is 1.23. The van der Waals surface area contributed by atoms with Crippen LogP contribution in [0.1, 0.15) is 18.9 Å². The van der Waals surface area contributed by atoms with Crippen molar-refractivity contribution < 1.29 is 0 Å². The molecule has 0 bridgehead atoms. The molecule has 0 atom stereocenters. The summed E-state index contributed by atoms with van der Waals surface area (Å²) >= 11 is 0.